The first-order valence-electron chi connectivity index (χ1n) is 8.20. The minimum absolute atomic E-state index is 0.184. The molecule has 0 aromatic heterocycles. The van der Waals surface area contributed by atoms with E-state index in [2.05, 4.69) is 51.1 Å². The number of benzene rings is 2. The summed E-state index contributed by atoms with van der Waals surface area (Å²) in [5.41, 5.74) is 6.71. The van der Waals surface area contributed by atoms with E-state index < -0.39 is 5.97 Å². The van der Waals surface area contributed by atoms with Crippen LogP contribution in [-0.2, 0) is 5.41 Å². The number of hydrogen-bond donors (Lipinski definition) is 1. The van der Waals surface area contributed by atoms with Crippen LogP contribution in [0.25, 0.3) is 17.7 Å². The molecule has 2 aromatic carbocycles. The summed E-state index contributed by atoms with van der Waals surface area (Å²) in [5.74, 6) is -0.898. The number of carbonyl (C=O) groups is 1. The van der Waals surface area contributed by atoms with Crippen molar-refractivity contribution in [1.82, 2.24) is 0 Å². The highest BCUT2D eigenvalue weighted by atomic mass is 16.4. The minimum Gasteiger partial charge on any atom is -0.478 e. The monoisotopic (exact) mass is 318 g/mol. The number of carboxylic acids is 1. The van der Waals surface area contributed by atoms with Crippen LogP contribution in [0.1, 0.15) is 59.8 Å². The van der Waals surface area contributed by atoms with Crippen LogP contribution in [0, 0.1) is 0 Å². The van der Waals surface area contributed by atoms with Gasteiger partial charge in [0.2, 0.25) is 0 Å². The molecule has 0 saturated carbocycles. The lowest BCUT2D eigenvalue weighted by molar-refractivity contribution is 0.0697. The predicted octanol–water partition coefficient (Wildman–Crippen LogP) is 5.64. The van der Waals surface area contributed by atoms with Gasteiger partial charge in [-0.25, -0.2) is 4.79 Å². The van der Waals surface area contributed by atoms with Gasteiger partial charge in [-0.1, -0.05) is 56.3 Å². The normalized spacial score (nSPS) is 15.9. The van der Waals surface area contributed by atoms with Crippen molar-refractivity contribution in [2.24, 2.45) is 0 Å². The SMILES string of the molecule is CC1=CCC(C)(C)c2ccc(C=Cc3ccc(C(=O)O)cc3)cc21. The molecule has 1 aliphatic carbocycles. The van der Waals surface area contributed by atoms with Crippen LogP contribution in [0.15, 0.2) is 48.5 Å². The van der Waals surface area contributed by atoms with Gasteiger partial charge in [0.15, 0.2) is 0 Å². The van der Waals surface area contributed by atoms with Crippen LogP contribution >= 0.6 is 0 Å². The van der Waals surface area contributed by atoms with E-state index in [4.69, 9.17) is 5.11 Å². The first-order valence-corrected chi connectivity index (χ1v) is 8.20. The lowest BCUT2D eigenvalue weighted by atomic mass is 9.73. The van der Waals surface area contributed by atoms with Gasteiger partial charge < -0.3 is 5.11 Å². The maximum absolute atomic E-state index is 10.9. The molecule has 3 rings (SSSR count). The van der Waals surface area contributed by atoms with Crippen molar-refractivity contribution >= 4 is 23.7 Å². The third kappa shape index (κ3) is 3.18. The molecule has 1 N–H and O–H groups in total. The molecule has 0 aliphatic heterocycles. The van der Waals surface area contributed by atoms with Crippen molar-refractivity contribution in [3.8, 4) is 0 Å². The molecule has 1 aliphatic rings. The van der Waals surface area contributed by atoms with Crippen LogP contribution in [0.3, 0.4) is 0 Å². The van der Waals surface area contributed by atoms with Gasteiger partial charge in [0.1, 0.15) is 0 Å². The van der Waals surface area contributed by atoms with E-state index in [-0.39, 0.29) is 5.41 Å². The first-order chi connectivity index (χ1) is 11.4. The smallest absolute Gasteiger partial charge is 0.335 e. The van der Waals surface area contributed by atoms with Gasteiger partial charge in [-0.3, -0.25) is 0 Å². The molecule has 24 heavy (non-hydrogen) atoms. The molecular weight excluding hydrogens is 296 g/mol. The number of allylic oxidation sites excluding steroid dienone is 2. The van der Waals surface area contributed by atoms with Crippen molar-refractivity contribution in [1.29, 1.82) is 0 Å². The largest absolute Gasteiger partial charge is 0.478 e. The van der Waals surface area contributed by atoms with Crippen molar-refractivity contribution in [2.45, 2.75) is 32.6 Å². The highest BCUT2D eigenvalue weighted by molar-refractivity contribution is 5.88. The summed E-state index contributed by atoms with van der Waals surface area (Å²) >= 11 is 0. The lowest BCUT2D eigenvalue weighted by Crippen LogP contribution is -2.21. The zero-order valence-electron chi connectivity index (χ0n) is 14.3. The Balaban J connectivity index is 1.88. The summed E-state index contributed by atoms with van der Waals surface area (Å²) in [5, 5.41) is 8.94. The Morgan fingerprint density at radius 2 is 1.67 bits per heavy atom. The maximum atomic E-state index is 10.9. The molecule has 0 saturated heterocycles. The van der Waals surface area contributed by atoms with Crippen LogP contribution in [0.4, 0.5) is 0 Å². The Morgan fingerprint density at radius 1 is 1.04 bits per heavy atom. The fourth-order valence-electron chi connectivity index (χ4n) is 3.14. The van der Waals surface area contributed by atoms with E-state index in [0.717, 1.165) is 17.5 Å². The molecule has 0 heterocycles. The molecule has 0 fully saturated rings. The van der Waals surface area contributed by atoms with Gasteiger partial charge in [0.25, 0.3) is 0 Å². The number of carboxylic acid groups (broad SMARTS) is 1. The second-order valence-electron chi connectivity index (χ2n) is 7.04. The van der Waals surface area contributed by atoms with Gasteiger partial charge in [0.05, 0.1) is 5.56 Å². The summed E-state index contributed by atoms with van der Waals surface area (Å²) in [4.78, 5) is 10.9. The van der Waals surface area contributed by atoms with Crippen LogP contribution in [-0.4, -0.2) is 11.1 Å². The molecule has 2 heteroatoms. The molecule has 2 aromatic rings. The Labute approximate surface area is 143 Å². The molecule has 0 amide bonds. The summed E-state index contributed by atoms with van der Waals surface area (Å²) in [6, 6.07) is 13.5. The van der Waals surface area contributed by atoms with Crippen molar-refractivity contribution in [2.75, 3.05) is 0 Å². The summed E-state index contributed by atoms with van der Waals surface area (Å²) in [7, 11) is 0. The third-order valence-corrected chi connectivity index (χ3v) is 4.74. The van der Waals surface area contributed by atoms with Gasteiger partial charge >= 0.3 is 5.97 Å². The number of hydrogen-bond acceptors (Lipinski definition) is 1. The zero-order chi connectivity index (χ0) is 17.3. The highest BCUT2D eigenvalue weighted by Gasteiger charge is 2.26. The van der Waals surface area contributed by atoms with E-state index >= 15 is 0 Å². The van der Waals surface area contributed by atoms with E-state index in [9.17, 15) is 4.79 Å². The number of aromatic carboxylic acids is 1. The summed E-state index contributed by atoms with van der Waals surface area (Å²) < 4.78 is 0. The van der Waals surface area contributed by atoms with E-state index in [1.165, 1.54) is 16.7 Å². The van der Waals surface area contributed by atoms with Gasteiger partial charge in [-0.05, 0) is 64.8 Å². The quantitative estimate of drug-likeness (QED) is 0.744. The van der Waals surface area contributed by atoms with Crippen LogP contribution < -0.4 is 0 Å². The molecule has 0 bridgehead atoms. The molecule has 122 valence electrons. The van der Waals surface area contributed by atoms with E-state index in [1.807, 2.05) is 18.2 Å². The summed E-state index contributed by atoms with van der Waals surface area (Å²) in [6.07, 6.45) is 7.49. The second-order valence-corrected chi connectivity index (χ2v) is 7.04. The molecule has 2 nitrogen and oxygen atoms in total. The Hall–Kier alpha value is -2.61. The van der Waals surface area contributed by atoms with Gasteiger partial charge in [-0.15, -0.1) is 0 Å². The van der Waals surface area contributed by atoms with Crippen LogP contribution in [0.5, 0.6) is 0 Å². The molecule has 0 atom stereocenters. The molecule has 0 unspecified atom stereocenters. The topological polar surface area (TPSA) is 37.3 Å². The Bertz CT molecular complexity index is 837. The maximum Gasteiger partial charge on any atom is 0.335 e. The molecular formula is C22H22O2. The number of rotatable bonds is 3. The third-order valence-electron chi connectivity index (χ3n) is 4.74. The predicted molar refractivity (Wildman–Crippen MR) is 100 cm³/mol. The van der Waals surface area contributed by atoms with E-state index in [1.54, 1.807) is 12.1 Å². The molecule has 0 radical (unpaired) electrons. The van der Waals surface area contributed by atoms with Crippen LogP contribution in [0.2, 0.25) is 0 Å². The highest BCUT2D eigenvalue weighted by Crippen LogP contribution is 2.39. The van der Waals surface area contributed by atoms with Crippen molar-refractivity contribution in [3.63, 3.8) is 0 Å². The first kappa shape index (κ1) is 16.3. The minimum atomic E-state index is -0.898. The lowest BCUT2D eigenvalue weighted by Gasteiger charge is -2.31. The average Bonchev–Trinajstić information content (AvgIpc) is 2.57. The Kier molecular flexibility index (Phi) is 4.15. The second kappa shape index (κ2) is 6.12. The fourth-order valence-corrected chi connectivity index (χ4v) is 3.14. The zero-order valence-corrected chi connectivity index (χ0v) is 14.3. The average molecular weight is 318 g/mol. The van der Waals surface area contributed by atoms with Crippen molar-refractivity contribution < 1.29 is 9.90 Å². The Morgan fingerprint density at radius 3 is 2.33 bits per heavy atom. The molecule has 0 spiro atoms. The van der Waals surface area contributed by atoms with Gasteiger partial charge in [-0.2, -0.15) is 0 Å². The fraction of sp³-hybridized carbons (Fsp3) is 0.227. The van der Waals surface area contributed by atoms with E-state index in [0.29, 0.717) is 5.56 Å². The van der Waals surface area contributed by atoms with Gasteiger partial charge in [0, 0.05) is 0 Å². The standard InChI is InChI=1S/C22H22O2/c1-15-12-13-22(2,3)20-11-8-17(14-19(15)20)5-4-16-6-9-18(10-7-16)21(23)24/h4-12,14H,13H2,1-3H3,(H,23,24). The summed E-state index contributed by atoms with van der Waals surface area (Å²) in [6.45, 7) is 6.74. The van der Waals surface area contributed by atoms with Crippen molar-refractivity contribution in [3.05, 3.63) is 76.4 Å². The number of fused-ring (bicyclic) bond motifs is 1.